The number of nitrogens with one attached hydrogen (secondary N) is 2. The van der Waals surface area contributed by atoms with Crippen LogP contribution in [-0.4, -0.2) is 125 Å². The summed E-state index contributed by atoms with van der Waals surface area (Å²) in [5.41, 5.74) is 5.22. The van der Waals surface area contributed by atoms with E-state index >= 15 is 0 Å². The minimum atomic E-state index is -0.579. The van der Waals surface area contributed by atoms with Gasteiger partial charge in [-0.1, -0.05) is 18.2 Å². The number of piperazine rings is 1. The van der Waals surface area contributed by atoms with Crippen LogP contribution in [0.25, 0.3) is 11.3 Å². The number of aromatic nitrogens is 2. The van der Waals surface area contributed by atoms with Crippen LogP contribution in [0.4, 0.5) is 17.2 Å². The number of phenolic OH excluding ortho intramolecular Hbond substituents is 1. The van der Waals surface area contributed by atoms with E-state index in [9.17, 15) is 19.5 Å². The van der Waals surface area contributed by atoms with Gasteiger partial charge in [-0.3, -0.25) is 24.6 Å². The van der Waals surface area contributed by atoms with Crippen molar-refractivity contribution >= 4 is 34.9 Å². The summed E-state index contributed by atoms with van der Waals surface area (Å²) in [6.07, 6.45) is 2.96. The molecular weight excluding hydrogens is 683 g/mol. The highest BCUT2D eigenvalue weighted by atomic mass is 16.3. The molecule has 3 N–H and O–H groups in total. The predicted octanol–water partition coefficient (Wildman–Crippen LogP) is 3.01. The number of aromatic hydroxyl groups is 1. The number of amides is 3. The lowest BCUT2D eigenvalue weighted by Crippen LogP contribution is -2.61. The highest BCUT2D eigenvalue weighted by molar-refractivity contribution is 6.05. The Morgan fingerprint density at radius 3 is 2.48 bits per heavy atom. The van der Waals surface area contributed by atoms with Gasteiger partial charge in [0.05, 0.1) is 17.4 Å². The molecule has 2 unspecified atom stereocenters. The van der Waals surface area contributed by atoms with Gasteiger partial charge in [-0.25, -0.2) is 0 Å². The van der Waals surface area contributed by atoms with Crippen molar-refractivity contribution in [2.24, 2.45) is 23.7 Å². The summed E-state index contributed by atoms with van der Waals surface area (Å²) in [7, 11) is 0. The van der Waals surface area contributed by atoms with Crippen LogP contribution in [-0.2, 0) is 16.1 Å². The minimum Gasteiger partial charge on any atom is -0.507 e. The van der Waals surface area contributed by atoms with E-state index in [-0.39, 0.29) is 29.9 Å². The molecule has 0 spiro atoms. The van der Waals surface area contributed by atoms with Gasteiger partial charge in [0.1, 0.15) is 11.8 Å². The Balaban J connectivity index is 0.693. The second kappa shape index (κ2) is 13.2. The van der Waals surface area contributed by atoms with Crippen LogP contribution in [0.15, 0.2) is 48.5 Å². The monoisotopic (exact) mass is 731 g/mol. The number of likely N-dealkylation sites (tertiary alicyclic amines) is 1. The summed E-state index contributed by atoms with van der Waals surface area (Å²) in [4.78, 5) is 49.5. The molecule has 6 atom stereocenters. The molecule has 1 aliphatic carbocycles. The van der Waals surface area contributed by atoms with E-state index in [0.29, 0.717) is 47.8 Å². The molecule has 1 aromatic heterocycles. The summed E-state index contributed by atoms with van der Waals surface area (Å²) in [5, 5.41) is 25.3. The van der Waals surface area contributed by atoms with E-state index in [0.717, 1.165) is 86.1 Å². The van der Waals surface area contributed by atoms with E-state index in [2.05, 4.69) is 59.5 Å². The fraction of sp³-hybridized carbons (Fsp3) is 0.537. The fourth-order valence-corrected chi connectivity index (χ4v) is 10.5. The van der Waals surface area contributed by atoms with Crippen molar-refractivity contribution < 1.29 is 19.5 Å². The molecule has 6 aliphatic heterocycles. The van der Waals surface area contributed by atoms with Crippen LogP contribution >= 0.6 is 0 Å². The number of anilines is 3. The number of para-hydroxylation sites is 1. The maximum absolute atomic E-state index is 13.4. The fourth-order valence-electron chi connectivity index (χ4n) is 10.5. The second-order valence-corrected chi connectivity index (χ2v) is 16.9. The number of phenols is 1. The van der Waals surface area contributed by atoms with Crippen molar-refractivity contribution in [2.45, 2.75) is 57.3 Å². The van der Waals surface area contributed by atoms with Crippen LogP contribution in [0.1, 0.15) is 48.5 Å². The molecule has 5 fully saturated rings. The molecule has 0 radical (unpaired) electrons. The molecule has 3 aromatic rings. The van der Waals surface area contributed by atoms with Crippen LogP contribution in [0.5, 0.6) is 5.75 Å². The maximum Gasteiger partial charge on any atom is 0.255 e. The van der Waals surface area contributed by atoms with Crippen molar-refractivity contribution in [3.8, 4) is 17.0 Å². The van der Waals surface area contributed by atoms with Gasteiger partial charge in [0, 0.05) is 94.7 Å². The van der Waals surface area contributed by atoms with Gasteiger partial charge in [0.2, 0.25) is 11.8 Å². The van der Waals surface area contributed by atoms with Crippen molar-refractivity contribution in [1.29, 1.82) is 0 Å². The first-order valence-electron chi connectivity index (χ1n) is 19.9. The number of rotatable bonds is 7. The lowest BCUT2D eigenvalue weighted by atomic mass is 9.95. The normalized spacial score (nSPS) is 29.7. The smallest absolute Gasteiger partial charge is 0.255 e. The molecule has 13 heteroatoms. The van der Waals surface area contributed by atoms with Crippen LogP contribution in [0.2, 0.25) is 0 Å². The molecule has 0 bridgehead atoms. The minimum absolute atomic E-state index is 0.105. The predicted molar refractivity (Wildman–Crippen MR) is 204 cm³/mol. The van der Waals surface area contributed by atoms with Gasteiger partial charge < -0.3 is 30.0 Å². The lowest BCUT2D eigenvalue weighted by molar-refractivity contribution is -0.136. The SMILES string of the molecule is C[C@H]1CN2c3cc(-c4ccccc4O)nnc3NC[C@H]2CN1CC1[C@H]2CN(CC3CCN(c4ccc5c(c4)C(=O)N(C4CCC(=O)NC4=O)C5)CC3)C[C@@H]12. The topological polar surface area (TPSA) is 137 Å². The van der Waals surface area contributed by atoms with E-state index in [1.165, 1.54) is 26.2 Å². The molecule has 7 aliphatic rings. The highest BCUT2D eigenvalue weighted by Gasteiger charge is 2.56. The maximum atomic E-state index is 13.4. The first-order chi connectivity index (χ1) is 26.3. The third kappa shape index (κ3) is 5.96. The Bertz CT molecular complexity index is 1990. The van der Waals surface area contributed by atoms with Crippen LogP contribution < -0.4 is 20.4 Å². The summed E-state index contributed by atoms with van der Waals surface area (Å²) in [5.74, 6) is 3.45. The van der Waals surface area contributed by atoms with Crippen LogP contribution in [0.3, 0.4) is 0 Å². The number of hydrogen-bond acceptors (Lipinski definition) is 11. The number of benzene rings is 2. The van der Waals surface area contributed by atoms with Gasteiger partial charge in [-0.15, -0.1) is 10.2 Å². The lowest BCUT2D eigenvalue weighted by Gasteiger charge is -2.49. The van der Waals surface area contributed by atoms with Crippen molar-refractivity contribution in [3.63, 3.8) is 0 Å². The Hall–Kier alpha value is -4.75. The third-order valence-corrected chi connectivity index (χ3v) is 13.6. The largest absolute Gasteiger partial charge is 0.507 e. The van der Waals surface area contributed by atoms with E-state index in [1.807, 2.05) is 30.3 Å². The molecule has 10 rings (SSSR count). The molecule has 13 nitrogen and oxygen atoms in total. The average molecular weight is 732 g/mol. The second-order valence-electron chi connectivity index (χ2n) is 16.9. The van der Waals surface area contributed by atoms with Gasteiger partial charge in [-0.05, 0) is 85.8 Å². The van der Waals surface area contributed by atoms with Gasteiger partial charge in [0.25, 0.3) is 5.91 Å². The molecule has 4 saturated heterocycles. The number of nitrogens with zero attached hydrogens (tertiary/aromatic N) is 7. The quantitative estimate of drug-likeness (QED) is 0.310. The summed E-state index contributed by atoms with van der Waals surface area (Å²) in [6.45, 7) is 12.5. The van der Waals surface area contributed by atoms with Crippen LogP contribution in [0, 0.1) is 23.7 Å². The van der Waals surface area contributed by atoms with E-state index in [4.69, 9.17) is 0 Å². The van der Waals surface area contributed by atoms with Crippen molar-refractivity contribution in [1.82, 2.24) is 30.2 Å². The zero-order valence-electron chi connectivity index (χ0n) is 30.9. The summed E-state index contributed by atoms with van der Waals surface area (Å²) < 4.78 is 0. The molecule has 2 aromatic carbocycles. The van der Waals surface area contributed by atoms with E-state index < -0.39 is 6.04 Å². The number of imide groups is 1. The number of fused-ring (bicyclic) bond motifs is 5. The first kappa shape index (κ1) is 33.8. The Morgan fingerprint density at radius 1 is 0.870 bits per heavy atom. The van der Waals surface area contributed by atoms with Gasteiger partial charge in [0.15, 0.2) is 5.82 Å². The standard InChI is InChI=1S/C41H49N9O4/c1-24-17-49-28(16-42-39-36(49)15-34(44-45-39)29-4-2-3-5-37(29)51)20-48(24)23-33-31-21-46(22-32(31)33)18-25-10-12-47(13-11-25)27-7-6-26-19-50(41(54)30(26)14-27)35-8-9-38(52)43-40(35)53/h2-7,14-15,24-25,28,31-33,35,51H,8-13,16-23H2,1H3,(H,42,45)(H,43,52,53)/t24-,28-,31-,32+,33?,35?/m0/s1. The zero-order chi connectivity index (χ0) is 36.7. The molecule has 282 valence electrons. The summed E-state index contributed by atoms with van der Waals surface area (Å²) >= 11 is 0. The third-order valence-electron chi connectivity index (χ3n) is 13.6. The Labute approximate surface area is 315 Å². The number of hydrogen-bond donors (Lipinski definition) is 3. The molecule has 1 saturated carbocycles. The number of carbonyl (C=O) groups is 3. The molecule has 54 heavy (non-hydrogen) atoms. The average Bonchev–Trinajstić information content (AvgIpc) is 3.44. The van der Waals surface area contributed by atoms with Gasteiger partial charge in [-0.2, -0.15) is 0 Å². The zero-order valence-corrected chi connectivity index (χ0v) is 30.9. The van der Waals surface area contributed by atoms with Gasteiger partial charge >= 0.3 is 0 Å². The number of carbonyl (C=O) groups excluding carboxylic acids is 3. The Morgan fingerprint density at radius 2 is 1.69 bits per heavy atom. The number of piperidine rings is 3. The van der Waals surface area contributed by atoms with Crippen molar-refractivity contribution in [2.75, 3.05) is 74.0 Å². The Kier molecular flexibility index (Phi) is 8.28. The van der Waals surface area contributed by atoms with Crippen molar-refractivity contribution in [3.05, 3.63) is 59.7 Å². The molecule has 3 amide bonds. The molecular formula is C41H49N9O4. The van der Waals surface area contributed by atoms with E-state index in [1.54, 1.807) is 11.0 Å². The highest BCUT2D eigenvalue weighted by Crippen LogP contribution is 2.53. The first-order valence-corrected chi connectivity index (χ1v) is 19.9. The summed E-state index contributed by atoms with van der Waals surface area (Å²) in [6, 6.07) is 15.8. The molecule has 7 heterocycles.